The third-order valence-corrected chi connectivity index (χ3v) is 3.46. The summed E-state index contributed by atoms with van der Waals surface area (Å²) in [4.78, 5) is 23.1. The highest BCUT2D eigenvalue weighted by molar-refractivity contribution is 5.86. The smallest absolute Gasteiger partial charge is 0.328 e. The van der Waals surface area contributed by atoms with Gasteiger partial charge in [0.05, 0.1) is 16.6 Å². The zero-order valence-electron chi connectivity index (χ0n) is 11.6. The Morgan fingerprint density at radius 2 is 2.33 bits per heavy atom. The number of nitro benzene ring substituents is 1. The SMILES string of the molecule is COC1CCN(c2ccc([N+](=O)[O-])c(/C=C/C(=O)O)c2)C1. The van der Waals surface area contributed by atoms with Crippen molar-refractivity contribution < 1.29 is 19.6 Å². The standard InChI is InChI=1S/C14H16N2O5/c1-21-12-6-7-15(9-12)11-3-4-13(16(19)20)10(8-11)2-5-14(17)18/h2-5,8,12H,6-7,9H2,1H3,(H,17,18)/b5-2+. The number of aliphatic carboxylic acids is 1. The number of hydrogen-bond acceptors (Lipinski definition) is 5. The van der Waals surface area contributed by atoms with E-state index in [0.29, 0.717) is 0 Å². The second-order valence-electron chi connectivity index (χ2n) is 4.76. The minimum absolute atomic E-state index is 0.112. The Hall–Kier alpha value is -2.41. The maximum absolute atomic E-state index is 11.0. The third-order valence-electron chi connectivity index (χ3n) is 3.46. The van der Waals surface area contributed by atoms with E-state index in [1.807, 2.05) is 0 Å². The fraction of sp³-hybridized carbons (Fsp3) is 0.357. The van der Waals surface area contributed by atoms with Crippen LogP contribution in [-0.4, -0.2) is 42.3 Å². The van der Waals surface area contributed by atoms with Crippen molar-refractivity contribution in [2.45, 2.75) is 12.5 Å². The number of carboxylic acids is 1. The van der Waals surface area contributed by atoms with Crippen LogP contribution in [0.3, 0.4) is 0 Å². The first-order valence-corrected chi connectivity index (χ1v) is 6.48. The monoisotopic (exact) mass is 292 g/mol. The first-order chi connectivity index (χ1) is 10.0. The maximum atomic E-state index is 11.0. The number of nitro groups is 1. The van der Waals surface area contributed by atoms with Gasteiger partial charge < -0.3 is 14.7 Å². The number of nitrogens with zero attached hydrogens (tertiary/aromatic N) is 2. The lowest BCUT2D eigenvalue weighted by atomic mass is 10.1. The zero-order chi connectivity index (χ0) is 15.4. The van der Waals surface area contributed by atoms with Crippen molar-refractivity contribution in [3.05, 3.63) is 40.0 Å². The van der Waals surface area contributed by atoms with Crippen molar-refractivity contribution in [1.82, 2.24) is 0 Å². The van der Waals surface area contributed by atoms with Gasteiger partial charge in [-0.1, -0.05) is 0 Å². The summed E-state index contributed by atoms with van der Waals surface area (Å²) in [6.45, 7) is 1.52. The highest BCUT2D eigenvalue weighted by Crippen LogP contribution is 2.28. The minimum Gasteiger partial charge on any atom is -0.478 e. The molecule has 1 saturated heterocycles. The summed E-state index contributed by atoms with van der Waals surface area (Å²) in [5.41, 5.74) is 0.990. The number of methoxy groups -OCH3 is 1. The Morgan fingerprint density at radius 1 is 1.57 bits per heavy atom. The number of anilines is 1. The molecule has 1 atom stereocenters. The summed E-state index contributed by atoms with van der Waals surface area (Å²) in [5, 5.41) is 19.7. The molecule has 1 unspecified atom stereocenters. The van der Waals surface area contributed by atoms with E-state index < -0.39 is 10.9 Å². The second kappa shape index (κ2) is 6.36. The lowest BCUT2D eigenvalue weighted by Gasteiger charge is -2.18. The zero-order valence-corrected chi connectivity index (χ0v) is 11.6. The van der Waals surface area contributed by atoms with Crippen molar-refractivity contribution in [3.63, 3.8) is 0 Å². The summed E-state index contributed by atoms with van der Waals surface area (Å²) < 4.78 is 5.29. The Bertz CT molecular complexity index is 585. The van der Waals surface area contributed by atoms with Crippen LogP contribution in [0, 0.1) is 10.1 Å². The molecular formula is C14H16N2O5. The van der Waals surface area contributed by atoms with Crippen LogP contribution in [-0.2, 0) is 9.53 Å². The molecule has 0 spiro atoms. The molecule has 7 nitrogen and oxygen atoms in total. The van der Waals surface area contributed by atoms with Gasteiger partial charge in [-0.05, 0) is 24.6 Å². The van der Waals surface area contributed by atoms with E-state index in [-0.39, 0.29) is 17.4 Å². The van der Waals surface area contributed by atoms with Gasteiger partial charge >= 0.3 is 5.97 Å². The third kappa shape index (κ3) is 3.57. The molecule has 1 heterocycles. The van der Waals surface area contributed by atoms with Crippen molar-refractivity contribution in [1.29, 1.82) is 0 Å². The molecule has 0 amide bonds. The summed E-state index contributed by atoms with van der Waals surface area (Å²) in [6.07, 6.45) is 3.19. The van der Waals surface area contributed by atoms with Gasteiger partial charge in [-0.25, -0.2) is 4.79 Å². The summed E-state index contributed by atoms with van der Waals surface area (Å²) in [7, 11) is 1.66. The van der Waals surface area contributed by atoms with Gasteiger partial charge in [0.2, 0.25) is 0 Å². The second-order valence-corrected chi connectivity index (χ2v) is 4.76. The van der Waals surface area contributed by atoms with Crippen LogP contribution in [0.15, 0.2) is 24.3 Å². The molecule has 21 heavy (non-hydrogen) atoms. The van der Waals surface area contributed by atoms with Crippen LogP contribution in [0.1, 0.15) is 12.0 Å². The van der Waals surface area contributed by atoms with E-state index in [1.165, 1.54) is 12.1 Å². The quantitative estimate of drug-likeness (QED) is 0.506. The topological polar surface area (TPSA) is 92.9 Å². The average Bonchev–Trinajstić information content (AvgIpc) is 2.93. The predicted molar refractivity (Wildman–Crippen MR) is 77.4 cm³/mol. The Labute approximate surface area is 121 Å². The molecule has 112 valence electrons. The molecule has 0 aromatic heterocycles. The van der Waals surface area contributed by atoms with Crippen LogP contribution in [0.5, 0.6) is 0 Å². The lowest BCUT2D eigenvalue weighted by Crippen LogP contribution is -2.22. The van der Waals surface area contributed by atoms with Gasteiger partial charge in [-0.3, -0.25) is 10.1 Å². The van der Waals surface area contributed by atoms with E-state index in [9.17, 15) is 14.9 Å². The number of ether oxygens (including phenoxy) is 1. The molecule has 1 fully saturated rings. The first-order valence-electron chi connectivity index (χ1n) is 6.48. The van der Waals surface area contributed by atoms with Gasteiger partial charge in [0.1, 0.15) is 0 Å². The normalized spacial score (nSPS) is 18.3. The van der Waals surface area contributed by atoms with Gasteiger partial charge in [0, 0.05) is 38.0 Å². The van der Waals surface area contributed by atoms with E-state index in [2.05, 4.69) is 4.90 Å². The number of benzene rings is 1. The van der Waals surface area contributed by atoms with Crippen molar-refractivity contribution >= 4 is 23.4 Å². The lowest BCUT2D eigenvalue weighted by molar-refractivity contribution is -0.385. The first kappa shape index (κ1) is 15.0. The van der Waals surface area contributed by atoms with E-state index >= 15 is 0 Å². The molecule has 0 aliphatic carbocycles. The number of carbonyl (C=O) groups is 1. The number of carboxylic acid groups (broad SMARTS) is 1. The molecule has 1 aliphatic rings. The molecule has 1 aliphatic heterocycles. The minimum atomic E-state index is -1.14. The highest BCUT2D eigenvalue weighted by Gasteiger charge is 2.23. The average molecular weight is 292 g/mol. The molecule has 1 aromatic carbocycles. The molecule has 2 rings (SSSR count). The fourth-order valence-electron chi connectivity index (χ4n) is 2.35. The van der Waals surface area contributed by atoms with E-state index in [4.69, 9.17) is 9.84 Å². The molecule has 1 aromatic rings. The molecule has 1 N–H and O–H groups in total. The van der Waals surface area contributed by atoms with Crippen LogP contribution in [0.4, 0.5) is 11.4 Å². The van der Waals surface area contributed by atoms with Gasteiger partial charge in [0.25, 0.3) is 5.69 Å². The number of rotatable bonds is 5. The maximum Gasteiger partial charge on any atom is 0.328 e. The number of hydrogen-bond donors (Lipinski definition) is 1. The molecule has 0 saturated carbocycles. The predicted octanol–water partition coefficient (Wildman–Crippen LogP) is 1.92. The van der Waals surface area contributed by atoms with Crippen molar-refractivity contribution in [2.75, 3.05) is 25.1 Å². The van der Waals surface area contributed by atoms with Gasteiger partial charge in [0.15, 0.2) is 0 Å². The van der Waals surface area contributed by atoms with Gasteiger partial charge in [-0.2, -0.15) is 0 Å². The van der Waals surface area contributed by atoms with Crippen molar-refractivity contribution in [2.24, 2.45) is 0 Å². The van der Waals surface area contributed by atoms with Crippen LogP contribution >= 0.6 is 0 Å². The molecule has 0 radical (unpaired) electrons. The largest absolute Gasteiger partial charge is 0.478 e. The van der Waals surface area contributed by atoms with Crippen LogP contribution in [0.2, 0.25) is 0 Å². The van der Waals surface area contributed by atoms with E-state index in [1.54, 1.807) is 19.2 Å². The summed E-state index contributed by atoms with van der Waals surface area (Å²) in [5.74, 6) is -1.14. The Morgan fingerprint density at radius 3 is 2.90 bits per heavy atom. The Balaban J connectivity index is 2.30. The van der Waals surface area contributed by atoms with Crippen LogP contribution < -0.4 is 4.90 Å². The molecule has 7 heteroatoms. The molecular weight excluding hydrogens is 276 g/mol. The van der Waals surface area contributed by atoms with E-state index in [0.717, 1.165) is 31.3 Å². The van der Waals surface area contributed by atoms with Crippen LogP contribution in [0.25, 0.3) is 6.08 Å². The summed E-state index contributed by atoms with van der Waals surface area (Å²) in [6, 6.07) is 4.71. The summed E-state index contributed by atoms with van der Waals surface area (Å²) >= 11 is 0. The highest BCUT2D eigenvalue weighted by atomic mass is 16.6. The Kier molecular flexibility index (Phi) is 4.54. The van der Waals surface area contributed by atoms with Crippen molar-refractivity contribution in [3.8, 4) is 0 Å². The molecule has 0 bridgehead atoms. The fourth-order valence-corrected chi connectivity index (χ4v) is 2.35. The van der Waals surface area contributed by atoms with Gasteiger partial charge in [-0.15, -0.1) is 0 Å².